The SMILES string of the molecule is CC(=O)O.CC(=O)[O-].OCCO.[Na+]. The van der Waals surface area contributed by atoms with Gasteiger partial charge in [-0.05, 0) is 6.92 Å². The monoisotopic (exact) mass is 204 g/mol. The fraction of sp³-hybridized carbons (Fsp3) is 0.667. The summed E-state index contributed by atoms with van der Waals surface area (Å²) >= 11 is 0. The molecule has 0 aliphatic rings. The van der Waals surface area contributed by atoms with Gasteiger partial charge in [0.15, 0.2) is 0 Å². The van der Waals surface area contributed by atoms with Gasteiger partial charge < -0.3 is 25.2 Å². The Morgan fingerprint density at radius 3 is 1.23 bits per heavy atom. The van der Waals surface area contributed by atoms with Crippen LogP contribution in [0.5, 0.6) is 0 Å². The third-order valence-corrected chi connectivity index (χ3v) is 0.1000. The summed E-state index contributed by atoms with van der Waals surface area (Å²) < 4.78 is 0. The van der Waals surface area contributed by atoms with E-state index in [9.17, 15) is 0 Å². The summed E-state index contributed by atoms with van der Waals surface area (Å²) in [5.74, 6) is -1.92. The summed E-state index contributed by atoms with van der Waals surface area (Å²) in [5, 5.41) is 31.6. The van der Waals surface area contributed by atoms with Crippen LogP contribution in [0, 0.1) is 0 Å². The molecule has 74 valence electrons. The first kappa shape index (κ1) is 23.0. The Hall–Kier alpha value is -0.140. The topological polar surface area (TPSA) is 118 Å². The molecular formula is C6H13NaO6. The maximum atomic E-state index is 9.00. The van der Waals surface area contributed by atoms with Crippen molar-refractivity contribution < 1.29 is 59.6 Å². The van der Waals surface area contributed by atoms with Crippen molar-refractivity contribution in [3.05, 3.63) is 0 Å². The summed E-state index contributed by atoms with van der Waals surface area (Å²) in [5.41, 5.74) is 0. The predicted molar refractivity (Wildman–Crippen MR) is 38.2 cm³/mol. The Labute approximate surface area is 98.5 Å². The van der Waals surface area contributed by atoms with Crippen molar-refractivity contribution in [2.75, 3.05) is 13.2 Å². The number of carboxylic acids is 2. The molecule has 0 unspecified atom stereocenters. The van der Waals surface area contributed by atoms with Crippen LogP contribution in [-0.4, -0.2) is 40.5 Å². The molecule has 0 fully saturated rings. The zero-order chi connectivity index (χ0) is 10.6. The fourth-order valence-corrected chi connectivity index (χ4v) is 0. The van der Waals surface area contributed by atoms with E-state index in [0.29, 0.717) is 0 Å². The number of aliphatic hydroxyl groups is 2. The van der Waals surface area contributed by atoms with Gasteiger partial charge in [0.1, 0.15) is 0 Å². The van der Waals surface area contributed by atoms with E-state index in [1.54, 1.807) is 0 Å². The molecule has 0 radical (unpaired) electrons. The molecule has 0 aromatic rings. The van der Waals surface area contributed by atoms with Gasteiger partial charge in [-0.2, -0.15) is 0 Å². The number of carboxylic acid groups (broad SMARTS) is 2. The van der Waals surface area contributed by atoms with Crippen LogP contribution in [-0.2, 0) is 9.59 Å². The summed E-state index contributed by atoms with van der Waals surface area (Å²) in [6.07, 6.45) is 0. The van der Waals surface area contributed by atoms with Crippen LogP contribution in [0.2, 0.25) is 0 Å². The standard InChI is InChI=1S/2C2H4O2.C2H6O2.Na/c2*1-2(3)4;3-1-2-4;/h2*1H3,(H,3,4);3-4H,1-2H2;/q;;;+1/p-1. The molecule has 0 amide bonds. The predicted octanol–water partition coefficient (Wildman–Crippen LogP) is -5.18. The Morgan fingerprint density at radius 1 is 1.15 bits per heavy atom. The second-order valence-corrected chi connectivity index (χ2v) is 1.46. The largest absolute Gasteiger partial charge is 1.00 e. The van der Waals surface area contributed by atoms with Gasteiger partial charge in [-0.3, -0.25) is 4.79 Å². The van der Waals surface area contributed by atoms with Crippen molar-refractivity contribution >= 4 is 11.9 Å². The molecule has 0 atom stereocenters. The molecule has 0 aliphatic carbocycles. The first-order chi connectivity index (χ1) is 5.38. The first-order valence-corrected chi connectivity index (χ1v) is 2.97. The van der Waals surface area contributed by atoms with Crippen LogP contribution in [0.4, 0.5) is 0 Å². The maximum absolute atomic E-state index is 9.00. The molecule has 0 spiro atoms. The van der Waals surface area contributed by atoms with Crippen molar-refractivity contribution in [3.8, 4) is 0 Å². The molecule has 0 aromatic heterocycles. The van der Waals surface area contributed by atoms with Crippen molar-refractivity contribution in [2.24, 2.45) is 0 Å². The van der Waals surface area contributed by atoms with Crippen molar-refractivity contribution in [1.82, 2.24) is 0 Å². The van der Waals surface area contributed by atoms with Gasteiger partial charge in [0.2, 0.25) is 0 Å². The number of carbonyl (C=O) groups excluding carboxylic acids is 1. The number of aliphatic carboxylic acids is 2. The van der Waals surface area contributed by atoms with E-state index in [-0.39, 0.29) is 42.8 Å². The molecule has 0 saturated carbocycles. The van der Waals surface area contributed by atoms with E-state index in [1.165, 1.54) is 0 Å². The molecule has 13 heavy (non-hydrogen) atoms. The van der Waals surface area contributed by atoms with Gasteiger partial charge in [0, 0.05) is 12.9 Å². The molecule has 0 saturated heterocycles. The molecule has 0 aromatic carbocycles. The van der Waals surface area contributed by atoms with Crippen LogP contribution >= 0.6 is 0 Å². The molecule has 0 bridgehead atoms. The van der Waals surface area contributed by atoms with E-state index in [4.69, 9.17) is 30.0 Å². The van der Waals surface area contributed by atoms with Crippen LogP contribution in [0.15, 0.2) is 0 Å². The molecule has 0 rings (SSSR count). The smallest absolute Gasteiger partial charge is 0.550 e. The Morgan fingerprint density at radius 2 is 1.23 bits per heavy atom. The molecule has 7 heteroatoms. The fourth-order valence-electron chi connectivity index (χ4n) is 0. The van der Waals surface area contributed by atoms with Gasteiger partial charge in [0.25, 0.3) is 5.97 Å². The molecule has 0 heterocycles. The number of carbonyl (C=O) groups is 2. The minimum atomic E-state index is -1.08. The number of aliphatic hydroxyl groups excluding tert-OH is 2. The average molecular weight is 204 g/mol. The summed E-state index contributed by atoms with van der Waals surface area (Å²) in [4.78, 5) is 17.9. The van der Waals surface area contributed by atoms with Crippen molar-refractivity contribution in [3.63, 3.8) is 0 Å². The minimum Gasteiger partial charge on any atom is -0.550 e. The third kappa shape index (κ3) is 1560. The number of hydrogen-bond donors (Lipinski definition) is 3. The molecular weight excluding hydrogens is 191 g/mol. The van der Waals surface area contributed by atoms with Crippen LogP contribution in [0.3, 0.4) is 0 Å². The summed E-state index contributed by atoms with van der Waals surface area (Å²) in [6, 6.07) is 0. The van der Waals surface area contributed by atoms with E-state index in [1.807, 2.05) is 0 Å². The van der Waals surface area contributed by atoms with E-state index in [0.717, 1.165) is 13.8 Å². The summed E-state index contributed by atoms with van der Waals surface area (Å²) in [7, 11) is 0. The van der Waals surface area contributed by atoms with E-state index >= 15 is 0 Å². The zero-order valence-electron chi connectivity index (χ0n) is 7.98. The van der Waals surface area contributed by atoms with Crippen LogP contribution < -0.4 is 34.7 Å². The Bertz CT molecular complexity index is 93.7. The summed E-state index contributed by atoms with van der Waals surface area (Å²) in [6.45, 7) is 1.81. The molecule has 0 aliphatic heterocycles. The zero-order valence-corrected chi connectivity index (χ0v) is 9.98. The Kier molecular flexibility index (Phi) is 40.1. The molecule has 3 N–H and O–H groups in total. The first-order valence-electron chi connectivity index (χ1n) is 2.97. The number of rotatable bonds is 1. The maximum Gasteiger partial charge on any atom is 1.00 e. The molecule has 6 nitrogen and oxygen atoms in total. The van der Waals surface area contributed by atoms with Gasteiger partial charge in [-0.1, -0.05) is 0 Å². The third-order valence-electron chi connectivity index (χ3n) is 0.1000. The van der Waals surface area contributed by atoms with Gasteiger partial charge in [-0.25, -0.2) is 0 Å². The van der Waals surface area contributed by atoms with Gasteiger partial charge in [-0.15, -0.1) is 0 Å². The Balaban J connectivity index is -0.0000000450. The average Bonchev–Trinajstić information content (AvgIpc) is 1.85. The van der Waals surface area contributed by atoms with Crippen molar-refractivity contribution in [1.29, 1.82) is 0 Å². The normalized spacial score (nSPS) is 6.15. The van der Waals surface area contributed by atoms with Crippen LogP contribution in [0.1, 0.15) is 13.8 Å². The van der Waals surface area contributed by atoms with Gasteiger partial charge in [0.05, 0.1) is 13.2 Å². The quantitative estimate of drug-likeness (QED) is 0.367. The van der Waals surface area contributed by atoms with E-state index < -0.39 is 11.9 Å². The second-order valence-electron chi connectivity index (χ2n) is 1.46. The second kappa shape index (κ2) is 22.6. The van der Waals surface area contributed by atoms with Gasteiger partial charge >= 0.3 is 29.6 Å². The van der Waals surface area contributed by atoms with Crippen LogP contribution in [0.25, 0.3) is 0 Å². The number of hydrogen-bond acceptors (Lipinski definition) is 5. The van der Waals surface area contributed by atoms with Crippen molar-refractivity contribution in [2.45, 2.75) is 13.8 Å². The minimum absolute atomic E-state index is 0. The van der Waals surface area contributed by atoms with E-state index in [2.05, 4.69) is 0 Å².